The van der Waals surface area contributed by atoms with Crippen LogP contribution in [0.25, 0.3) is 0 Å². The van der Waals surface area contributed by atoms with Crippen LogP contribution in [0.3, 0.4) is 0 Å². The van der Waals surface area contributed by atoms with E-state index in [0.29, 0.717) is 35.9 Å². The van der Waals surface area contributed by atoms with Gasteiger partial charge in [0.15, 0.2) is 0 Å². The van der Waals surface area contributed by atoms with Gasteiger partial charge in [-0.15, -0.1) is 0 Å². The van der Waals surface area contributed by atoms with Gasteiger partial charge in [0.25, 0.3) is 15.9 Å². The summed E-state index contributed by atoms with van der Waals surface area (Å²) in [7, 11) is -3.71. The Kier molecular flexibility index (Phi) is 7.92. The molecule has 1 aliphatic heterocycles. The zero-order valence-corrected chi connectivity index (χ0v) is 20.0. The molecule has 174 valence electrons. The molecule has 1 amide bonds. The number of hydrogen-bond donors (Lipinski definition) is 2. The number of morpholine rings is 1. The maximum absolute atomic E-state index is 12.8. The average Bonchev–Trinajstić information content (AvgIpc) is 2.74. The maximum atomic E-state index is 12.8. The Morgan fingerprint density at radius 1 is 1.16 bits per heavy atom. The van der Waals surface area contributed by atoms with Gasteiger partial charge in [-0.3, -0.25) is 14.4 Å². The van der Waals surface area contributed by atoms with E-state index in [4.69, 9.17) is 4.74 Å². The van der Waals surface area contributed by atoms with Gasteiger partial charge in [-0.2, -0.15) is 0 Å². The molecule has 1 aliphatic rings. The Balaban J connectivity index is 1.57. The number of sulfonamides is 1. The van der Waals surface area contributed by atoms with Crippen LogP contribution in [0.15, 0.2) is 47.4 Å². The van der Waals surface area contributed by atoms with E-state index >= 15 is 0 Å². The van der Waals surface area contributed by atoms with Crippen LogP contribution in [-0.4, -0.2) is 58.1 Å². The minimum Gasteiger partial charge on any atom is -0.374 e. The molecule has 2 N–H and O–H groups in total. The fourth-order valence-corrected chi connectivity index (χ4v) is 5.18. The van der Waals surface area contributed by atoms with Gasteiger partial charge in [-0.05, 0) is 61.2 Å². The van der Waals surface area contributed by atoms with Gasteiger partial charge < -0.3 is 10.1 Å². The molecule has 0 aliphatic carbocycles. The second-order valence-electron chi connectivity index (χ2n) is 8.81. The van der Waals surface area contributed by atoms with Crippen LogP contribution < -0.4 is 10.0 Å². The average molecular weight is 460 g/mol. The number of benzene rings is 2. The van der Waals surface area contributed by atoms with Gasteiger partial charge in [0.2, 0.25) is 0 Å². The molecule has 2 aromatic rings. The smallest absolute Gasteiger partial charge is 0.262 e. The van der Waals surface area contributed by atoms with E-state index in [2.05, 4.69) is 28.8 Å². The minimum atomic E-state index is -3.71. The standard InChI is InChI=1S/C24H33N3O4S/c1-17(2)15-27-11-12-31-22(16-27)14-25-24(28)20-7-9-21(10-8-20)26-32(29,30)23-13-18(3)5-6-19(23)4/h5-10,13,17,22,26H,11-12,14-16H2,1-4H3,(H,25,28)/t22-/m1/s1. The molecule has 0 spiro atoms. The van der Waals surface area contributed by atoms with Crippen LogP contribution in [0.1, 0.15) is 35.3 Å². The Hall–Kier alpha value is -2.42. The molecule has 0 radical (unpaired) electrons. The number of carbonyl (C=O) groups excluding carboxylic acids is 1. The monoisotopic (exact) mass is 459 g/mol. The summed E-state index contributed by atoms with van der Waals surface area (Å²) >= 11 is 0. The summed E-state index contributed by atoms with van der Waals surface area (Å²) in [6, 6.07) is 11.7. The second kappa shape index (κ2) is 10.5. The lowest BCUT2D eigenvalue weighted by molar-refractivity contribution is -0.0295. The van der Waals surface area contributed by atoms with Gasteiger partial charge in [0.05, 0.1) is 17.6 Å². The zero-order chi connectivity index (χ0) is 23.3. The minimum absolute atomic E-state index is 0.0323. The van der Waals surface area contributed by atoms with E-state index in [1.807, 2.05) is 13.0 Å². The first-order chi connectivity index (χ1) is 15.1. The molecule has 0 unspecified atom stereocenters. The highest BCUT2D eigenvalue weighted by atomic mass is 32.2. The number of ether oxygens (including phenoxy) is 1. The summed E-state index contributed by atoms with van der Waals surface area (Å²) in [5, 5.41) is 2.92. The number of amides is 1. The first kappa shape index (κ1) is 24.2. The lowest BCUT2D eigenvalue weighted by Gasteiger charge is -2.33. The third-order valence-corrected chi connectivity index (χ3v) is 6.89. The molecule has 1 heterocycles. The molecule has 7 nitrogen and oxygen atoms in total. The SMILES string of the molecule is Cc1ccc(C)c(S(=O)(=O)Nc2ccc(C(=O)NC[C@@H]3CN(CC(C)C)CCO3)cc2)c1. The van der Waals surface area contributed by atoms with E-state index in [-0.39, 0.29) is 16.9 Å². The lowest BCUT2D eigenvalue weighted by atomic mass is 10.1. The molecular weight excluding hydrogens is 426 g/mol. The largest absolute Gasteiger partial charge is 0.374 e. The van der Waals surface area contributed by atoms with Gasteiger partial charge >= 0.3 is 0 Å². The first-order valence-corrected chi connectivity index (χ1v) is 12.4. The molecule has 3 rings (SSSR count). The topological polar surface area (TPSA) is 87.7 Å². The van der Waals surface area contributed by atoms with Crippen LogP contribution in [0.4, 0.5) is 5.69 Å². The van der Waals surface area contributed by atoms with Crippen molar-refractivity contribution in [2.75, 3.05) is 37.5 Å². The molecule has 1 saturated heterocycles. The van der Waals surface area contributed by atoms with Crippen LogP contribution in [-0.2, 0) is 14.8 Å². The molecule has 2 aromatic carbocycles. The first-order valence-electron chi connectivity index (χ1n) is 11.0. The Morgan fingerprint density at radius 3 is 2.56 bits per heavy atom. The van der Waals surface area contributed by atoms with Crippen molar-refractivity contribution >= 4 is 21.6 Å². The molecular formula is C24H33N3O4S. The molecule has 0 saturated carbocycles. The van der Waals surface area contributed by atoms with E-state index < -0.39 is 10.0 Å². The summed E-state index contributed by atoms with van der Waals surface area (Å²) in [6.07, 6.45) is -0.0323. The predicted molar refractivity (Wildman–Crippen MR) is 127 cm³/mol. The van der Waals surface area contributed by atoms with Crippen molar-refractivity contribution in [2.24, 2.45) is 5.92 Å². The molecule has 32 heavy (non-hydrogen) atoms. The predicted octanol–water partition coefficient (Wildman–Crippen LogP) is 3.19. The van der Waals surface area contributed by atoms with Gasteiger partial charge in [0, 0.05) is 37.4 Å². The summed E-state index contributed by atoms with van der Waals surface area (Å²) in [5.41, 5.74) is 2.42. The Morgan fingerprint density at radius 2 is 1.88 bits per heavy atom. The Labute approximate surface area is 191 Å². The van der Waals surface area contributed by atoms with Crippen molar-refractivity contribution in [3.8, 4) is 0 Å². The third-order valence-electron chi connectivity index (χ3n) is 5.37. The normalized spacial score (nSPS) is 17.3. The summed E-state index contributed by atoms with van der Waals surface area (Å²) in [5.74, 6) is 0.382. The summed E-state index contributed by atoms with van der Waals surface area (Å²) in [4.78, 5) is 15.1. The molecule has 0 bridgehead atoms. The van der Waals surface area contributed by atoms with E-state index in [1.54, 1.807) is 43.3 Å². The zero-order valence-electron chi connectivity index (χ0n) is 19.2. The fraction of sp³-hybridized carbons (Fsp3) is 0.458. The number of anilines is 1. The van der Waals surface area contributed by atoms with Crippen LogP contribution >= 0.6 is 0 Å². The maximum Gasteiger partial charge on any atom is 0.262 e. The van der Waals surface area contributed by atoms with Crippen molar-refractivity contribution in [3.05, 3.63) is 59.2 Å². The Bertz CT molecular complexity index is 1040. The highest BCUT2D eigenvalue weighted by Crippen LogP contribution is 2.21. The van der Waals surface area contributed by atoms with Crippen molar-refractivity contribution < 1.29 is 17.9 Å². The molecule has 8 heteroatoms. The van der Waals surface area contributed by atoms with Gasteiger partial charge in [-0.1, -0.05) is 26.0 Å². The number of hydrogen-bond acceptors (Lipinski definition) is 5. The molecule has 1 atom stereocenters. The van der Waals surface area contributed by atoms with Gasteiger partial charge in [-0.25, -0.2) is 8.42 Å². The van der Waals surface area contributed by atoms with Gasteiger partial charge in [0.1, 0.15) is 0 Å². The van der Waals surface area contributed by atoms with Crippen molar-refractivity contribution in [1.29, 1.82) is 0 Å². The highest BCUT2D eigenvalue weighted by molar-refractivity contribution is 7.92. The summed E-state index contributed by atoms with van der Waals surface area (Å²) < 4.78 is 33.9. The van der Waals surface area contributed by atoms with Crippen molar-refractivity contribution in [3.63, 3.8) is 0 Å². The number of carbonyl (C=O) groups is 1. The fourth-order valence-electron chi connectivity index (χ4n) is 3.79. The van der Waals surface area contributed by atoms with Crippen LogP contribution in [0.5, 0.6) is 0 Å². The van der Waals surface area contributed by atoms with Crippen LogP contribution in [0, 0.1) is 19.8 Å². The summed E-state index contributed by atoms with van der Waals surface area (Å²) in [6.45, 7) is 11.9. The second-order valence-corrected chi connectivity index (χ2v) is 10.5. The molecule has 0 aromatic heterocycles. The molecule has 1 fully saturated rings. The number of aryl methyl sites for hydroxylation is 2. The number of nitrogens with one attached hydrogen (secondary N) is 2. The van der Waals surface area contributed by atoms with E-state index in [0.717, 1.165) is 25.2 Å². The third kappa shape index (κ3) is 6.54. The quantitative estimate of drug-likeness (QED) is 0.633. The number of rotatable bonds is 8. The van der Waals surface area contributed by atoms with E-state index in [9.17, 15) is 13.2 Å². The number of nitrogens with zero attached hydrogens (tertiary/aromatic N) is 1. The van der Waals surface area contributed by atoms with Crippen LogP contribution in [0.2, 0.25) is 0 Å². The van der Waals surface area contributed by atoms with Crippen molar-refractivity contribution in [1.82, 2.24) is 10.2 Å². The van der Waals surface area contributed by atoms with E-state index in [1.165, 1.54) is 0 Å². The lowest BCUT2D eigenvalue weighted by Crippen LogP contribution is -2.48. The highest BCUT2D eigenvalue weighted by Gasteiger charge is 2.22. The van der Waals surface area contributed by atoms with Crippen molar-refractivity contribution in [2.45, 2.75) is 38.7 Å².